The van der Waals surface area contributed by atoms with Crippen LogP contribution in [0.25, 0.3) is 0 Å². The number of carbonyl (C=O) groups excluding carboxylic acids is 2. The summed E-state index contributed by atoms with van der Waals surface area (Å²) in [7, 11) is 0. The summed E-state index contributed by atoms with van der Waals surface area (Å²) in [6, 6.07) is 20.1. The van der Waals surface area contributed by atoms with E-state index in [1.54, 1.807) is 0 Å². The van der Waals surface area contributed by atoms with Gasteiger partial charge in [0.2, 0.25) is 11.8 Å². The SMILES string of the molecule is O=C1CCC(=O)N1CC(c1ccccc1)C1OC1c1ccccc1. The van der Waals surface area contributed by atoms with E-state index in [1.165, 1.54) is 4.90 Å². The lowest BCUT2D eigenvalue weighted by Crippen LogP contribution is -2.35. The number of hydrogen-bond acceptors (Lipinski definition) is 3. The Labute approximate surface area is 141 Å². The molecule has 3 unspecified atom stereocenters. The van der Waals surface area contributed by atoms with Crippen molar-refractivity contribution in [3.8, 4) is 0 Å². The maximum atomic E-state index is 12.0. The third-order valence-corrected chi connectivity index (χ3v) is 4.81. The molecule has 2 saturated heterocycles. The number of likely N-dealkylation sites (tertiary alicyclic amines) is 1. The van der Waals surface area contributed by atoms with Gasteiger partial charge in [0.25, 0.3) is 0 Å². The molecule has 2 aliphatic heterocycles. The minimum absolute atomic E-state index is 0.00223. The van der Waals surface area contributed by atoms with Crippen molar-refractivity contribution in [3.05, 3.63) is 71.8 Å². The molecule has 0 aromatic heterocycles. The van der Waals surface area contributed by atoms with Crippen LogP contribution in [0.2, 0.25) is 0 Å². The average Bonchev–Trinajstić information content (AvgIpc) is 3.36. The molecule has 2 aromatic carbocycles. The number of ether oxygens (including phenoxy) is 1. The van der Waals surface area contributed by atoms with E-state index >= 15 is 0 Å². The van der Waals surface area contributed by atoms with Gasteiger partial charge in [-0.15, -0.1) is 0 Å². The maximum absolute atomic E-state index is 12.0. The lowest BCUT2D eigenvalue weighted by Gasteiger charge is -2.22. The first kappa shape index (κ1) is 15.1. The summed E-state index contributed by atoms with van der Waals surface area (Å²) < 4.78 is 5.95. The molecule has 0 aliphatic carbocycles. The fourth-order valence-electron chi connectivity index (χ4n) is 3.46. The molecule has 0 radical (unpaired) electrons. The van der Waals surface area contributed by atoms with Crippen LogP contribution in [0, 0.1) is 0 Å². The zero-order valence-electron chi connectivity index (χ0n) is 13.3. The van der Waals surface area contributed by atoms with Crippen LogP contribution in [0.15, 0.2) is 60.7 Å². The number of imide groups is 1. The Hall–Kier alpha value is -2.46. The van der Waals surface area contributed by atoms with E-state index in [2.05, 4.69) is 12.1 Å². The van der Waals surface area contributed by atoms with Crippen LogP contribution in [0.5, 0.6) is 0 Å². The second kappa shape index (κ2) is 6.21. The normalized spacial score (nSPS) is 24.2. The number of carbonyl (C=O) groups is 2. The highest BCUT2D eigenvalue weighted by atomic mass is 16.6. The summed E-state index contributed by atoms with van der Waals surface area (Å²) in [5, 5.41) is 0. The largest absolute Gasteiger partial charge is 0.364 e. The summed E-state index contributed by atoms with van der Waals surface area (Å²) in [5.74, 6) is -0.141. The van der Waals surface area contributed by atoms with Crippen molar-refractivity contribution in [1.29, 1.82) is 0 Å². The molecule has 0 N–H and O–H groups in total. The van der Waals surface area contributed by atoms with Gasteiger partial charge >= 0.3 is 0 Å². The Bertz CT molecular complexity index is 728. The van der Waals surface area contributed by atoms with Gasteiger partial charge < -0.3 is 4.74 Å². The van der Waals surface area contributed by atoms with Crippen LogP contribution in [-0.2, 0) is 14.3 Å². The summed E-state index contributed by atoms with van der Waals surface area (Å²) in [6.45, 7) is 0.398. The van der Waals surface area contributed by atoms with Crippen molar-refractivity contribution in [2.45, 2.75) is 31.0 Å². The average molecular weight is 321 g/mol. The lowest BCUT2D eigenvalue weighted by atomic mass is 9.91. The molecule has 4 nitrogen and oxygen atoms in total. The van der Waals surface area contributed by atoms with E-state index in [-0.39, 0.29) is 29.9 Å². The summed E-state index contributed by atoms with van der Waals surface area (Å²) in [6.07, 6.45) is 0.683. The van der Waals surface area contributed by atoms with Gasteiger partial charge in [0, 0.05) is 25.3 Å². The monoisotopic (exact) mass is 321 g/mol. The van der Waals surface area contributed by atoms with Crippen molar-refractivity contribution in [2.75, 3.05) is 6.54 Å². The topological polar surface area (TPSA) is 49.9 Å². The minimum atomic E-state index is -0.0714. The molecule has 122 valence electrons. The third kappa shape index (κ3) is 2.85. The van der Waals surface area contributed by atoms with Gasteiger partial charge in [-0.2, -0.15) is 0 Å². The van der Waals surface area contributed by atoms with Gasteiger partial charge in [0.1, 0.15) is 6.10 Å². The minimum Gasteiger partial charge on any atom is -0.364 e. The fraction of sp³-hybridized carbons (Fsp3) is 0.300. The molecule has 2 fully saturated rings. The zero-order valence-corrected chi connectivity index (χ0v) is 13.3. The number of benzene rings is 2. The number of rotatable bonds is 5. The first-order chi connectivity index (χ1) is 11.7. The van der Waals surface area contributed by atoms with Crippen molar-refractivity contribution >= 4 is 11.8 Å². The summed E-state index contributed by atoms with van der Waals surface area (Å²) in [4.78, 5) is 25.4. The van der Waals surface area contributed by atoms with Gasteiger partial charge in [-0.05, 0) is 11.1 Å². The molecule has 0 bridgehead atoms. The number of nitrogens with zero attached hydrogens (tertiary/aromatic N) is 1. The molecule has 3 atom stereocenters. The van der Waals surface area contributed by atoms with Gasteiger partial charge in [0.15, 0.2) is 0 Å². The quantitative estimate of drug-likeness (QED) is 0.628. The van der Waals surface area contributed by atoms with Crippen LogP contribution >= 0.6 is 0 Å². The Morgan fingerprint density at radius 3 is 2.12 bits per heavy atom. The Balaban J connectivity index is 1.58. The maximum Gasteiger partial charge on any atom is 0.229 e. The van der Waals surface area contributed by atoms with E-state index in [9.17, 15) is 9.59 Å². The lowest BCUT2D eigenvalue weighted by molar-refractivity contribution is -0.138. The molecule has 4 rings (SSSR count). The molecule has 2 aliphatic rings. The van der Waals surface area contributed by atoms with E-state index in [0.29, 0.717) is 19.4 Å². The van der Waals surface area contributed by atoms with E-state index in [4.69, 9.17) is 4.74 Å². The van der Waals surface area contributed by atoms with Crippen molar-refractivity contribution in [1.82, 2.24) is 4.90 Å². The molecule has 2 heterocycles. The smallest absolute Gasteiger partial charge is 0.229 e. The van der Waals surface area contributed by atoms with Crippen LogP contribution in [0.4, 0.5) is 0 Å². The molecule has 0 saturated carbocycles. The highest BCUT2D eigenvalue weighted by molar-refractivity contribution is 6.02. The van der Waals surface area contributed by atoms with E-state index < -0.39 is 0 Å². The Kier molecular flexibility index (Phi) is 3.90. The van der Waals surface area contributed by atoms with Crippen LogP contribution in [0.1, 0.15) is 36.0 Å². The van der Waals surface area contributed by atoms with E-state index in [1.807, 2.05) is 48.5 Å². The first-order valence-corrected chi connectivity index (χ1v) is 8.32. The number of amides is 2. The molecular formula is C20H19NO3. The molecular weight excluding hydrogens is 302 g/mol. The van der Waals surface area contributed by atoms with Gasteiger partial charge in [0.05, 0.1) is 6.10 Å². The van der Waals surface area contributed by atoms with Crippen molar-refractivity contribution in [2.24, 2.45) is 0 Å². The van der Waals surface area contributed by atoms with Crippen LogP contribution in [0.3, 0.4) is 0 Å². The first-order valence-electron chi connectivity index (χ1n) is 8.32. The standard InChI is InChI=1S/C20H19NO3/c22-17-11-12-18(23)21(17)13-16(14-7-3-1-4-8-14)20-19(24-20)15-9-5-2-6-10-15/h1-10,16,19-20H,11-13H2. The second-order valence-electron chi connectivity index (χ2n) is 6.35. The van der Waals surface area contributed by atoms with Crippen molar-refractivity contribution < 1.29 is 14.3 Å². The van der Waals surface area contributed by atoms with Gasteiger partial charge in [-0.1, -0.05) is 60.7 Å². The predicted molar refractivity (Wildman–Crippen MR) is 89.2 cm³/mol. The van der Waals surface area contributed by atoms with Crippen molar-refractivity contribution in [3.63, 3.8) is 0 Å². The van der Waals surface area contributed by atoms with E-state index in [0.717, 1.165) is 11.1 Å². The zero-order chi connectivity index (χ0) is 16.5. The Morgan fingerprint density at radius 1 is 0.917 bits per heavy atom. The second-order valence-corrected chi connectivity index (χ2v) is 6.35. The van der Waals surface area contributed by atoms with Gasteiger partial charge in [-0.3, -0.25) is 14.5 Å². The van der Waals surface area contributed by atoms with Crippen LogP contribution < -0.4 is 0 Å². The third-order valence-electron chi connectivity index (χ3n) is 4.81. The molecule has 0 spiro atoms. The number of hydrogen-bond donors (Lipinski definition) is 0. The predicted octanol–water partition coefficient (Wildman–Crippen LogP) is 3.06. The molecule has 4 heteroatoms. The summed E-state index contributed by atoms with van der Waals surface area (Å²) in [5.41, 5.74) is 2.25. The molecule has 24 heavy (non-hydrogen) atoms. The fourth-order valence-corrected chi connectivity index (χ4v) is 3.46. The molecule has 2 amide bonds. The number of epoxide rings is 1. The van der Waals surface area contributed by atoms with Gasteiger partial charge in [-0.25, -0.2) is 0 Å². The highest BCUT2D eigenvalue weighted by Crippen LogP contribution is 2.47. The summed E-state index contributed by atoms with van der Waals surface area (Å²) >= 11 is 0. The van der Waals surface area contributed by atoms with Crippen LogP contribution in [-0.4, -0.2) is 29.4 Å². The highest BCUT2D eigenvalue weighted by Gasteiger charge is 2.48. The molecule has 2 aromatic rings. The Morgan fingerprint density at radius 2 is 1.50 bits per heavy atom.